The number of hydrogen-bond donors (Lipinski definition) is 1. The molecule has 0 saturated carbocycles. The highest BCUT2D eigenvalue weighted by Gasteiger charge is 2.33. The summed E-state index contributed by atoms with van der Waals surface area (Å²) in [5.41, 5.74) is 1.36. The first-order valence-electron chi connectivity index (χ1n) is 12.3. The van der Waals surface area contributed by atoms with Gasteiger partial charge < -0.3 is 10.2 Å². The molecule has 0 aliphatic carbocycles. The Kier molecular flexibility index (Phi) is 10.8. The number of aryl methyl sites for hydroxylation is 1. The maximum atomic E-state index is 14.0. The van der Waals surface area contributed by atoms with Gasteiger partial charge in [-0.05, 0) is 70.2 Å². The molecule has 0 saturated heterocycles. The number of nitrogens with one attached hydrogen (secondary N) is 1. The first-order valence-corrected chi connectivity index (χ1v) is 15.2. The largest absolute Gasteiger partial charge is 0.352 e. The quantitative estimate of drug-likeness (QED) is 0.265. The number of nitrogens with zero attached hydrogens (tertiary/aromatic N) is 2. The van der Waals surface area contributed by atoms with Crippen LogP contribution in [0, 0.1) is 6.92 Å². The van der Waals surface area contributed by atoms with Gasteiger partial charge in [-0.2, -0.15) is 0 Å². The van der Waals surface area contributed by atoms with Crippen LogP contribution in [0.15, 0.2) is 65.6 Å². The summed E-state index contributed by atoms with van der Waals surface area (Å²) in [7, 11) is -4.27. The van der Waals surface area contributed by atoms with E-state index in [0.717, 1.165) is 9.87 Å². The molecule has 0 unspecified atom stereocenters. The van der Waals surface area contributed by atoms with Gasteiger partial charge in [0.15, 0.2) is 0 Å². The summed E-state index contributed by atoms with van der Waals surface area (Å²) >= 11 is 25.2. The molecular formula is C28H29Cl4N3O4S. The number of halogens is 4. The SMILES string of the molecule is Cc1ccc(S(=O)(=O)N(CC(=O)N(Cc2c(Cl)cccc2Cl)[C@H](C)C(=O)NC(C)C)c2cc(Cl)cc(Cl)c2)cc1. The molecule has 0 fully saturated rings. The highest BCUT2D eigenvalue weighted by Crippen LogP contribution is 2.31. The van der Waals surface area contributed by atoms with E-state index < -0.39 is 34.4 Å². The Labute approximate surface area is 255 Å². The lowest BCUT2D eigenvalue weighted by molar-refractivity contribution is -0.139. The van der Waals surface area contributed by atoms with Crippen molar-refractivity contribution in [1.29, 1.82) is 0 Å². The zero-order valence-electron chi connectivity index (χ0n) is 22.3. The number of rotatable bonds is 10. The van der Waals surface area contributed by atoms with Gasteiger partial charge in [0.2, 0.25) is 11.8 Å². The van der Waals surface area contributed by atoms with Crippen molar-refractivity contribution in [3.05, 3.63) is 91.9 Å². The predicted molar refractivity (Wildman–Crippen MR) is 162 cm³/mol. The van der Waals surface area contributed by atoms with E-state index in [1.54, 1.807) is 51.1 Å². The van der Waals surface area contributed by atoms with Gasteiger partial charge in [-0.15, -0.1) is 0 Å². The van der Waals surface area contributed by atoms with Crippen LogP contribution in [0.1, 0.15) is 31.9 Å². The summed E-state index contributed by atoms with van der Waals surface area (Å²) in [6, 6.07) is 14.2. The molecule has 7 nitrogen and oxygen atoms in total. The van der Waals surface area contributed by atoms with Crippen molar-refractivity contribution in [1.82, 2.24) is 10.2 Å². The molecular weight excluding hydrogens is 616 g/mol. The molecule has 12 heteroatoms. The van der Waals surface area contributed by atoms with Crippen molar-refractivity contribution in [3.8, 4) is 0 Å². The molecule has 0 aliphatic heterocycles. The minimum absolute atomic E-state index is 0.0340. The fourth-order valence-electron chi connectivity index (χ4n) is 3.89. The number of carbonyl (C=O) groups is 2. The molecule has 3 aromatic carbocycles. The third-order valence-corrected chi connectivity index (χ3v) is 8.94. The van der Waals surface area contributed by atoms with Crippen molar-refractivity contribution in [2.24, 2.45) is 0 Å². The van der Waals surface area contributed by atoms with Gasteiger partial charge in [0.05, 0.1) is 10.6 Å². The third kappa shape index (κ3) is 7.83. The Morgan fingerprint density at radius 1 is 0.875 bits per heavy atom. The van der Waals surface area contributed by atoms with Crippen LogP contribution in [0.25, 0.3) is 0 Å². The van der Waals surface area contributed by atoms with E-state index in [1.807, 2.05) is 6.92 Å². The zero-order valence-corrected chi connectivity index (χ0v) is 26.1. The Hall–Kier alpha value is -2.49. The van der Waals surface area contributed by atoms with Gasteiger partial charge in [-0.1, -0.05) is 70.2 Å². The molecule has 2 amide bonds. The van der Waals surface area contributed by atoms with Crippen LogP contribution in [-0.2, 0) is 26.2 Å². The standard InChI is InChI=1S/C28H29Cl4N3O4S/c1-17(2)33-28(37)19(4)34(15-24-25(31)6-5-7-26(24)32)27(36)16-35(22-13-20(29)12-21(30)14-22)40(38,39)23-10-8-18(3)9-11-23/h5-14,17,19H,15-16H2,1-4H3,(H,33,37)/t19-/m1/s1. The Morgan fingerprint density at radius 2 is 1.43 bits per heavy atom. The molecule has 0 radical (unpaired) electrons. The summed E-state index contributed by atoms with van der Waals surface area (Å²) in [4.78, 5) is 28.2. The van der Waals surface area contributed by atoms with Gasteiger partial charge >= 0.3 is 0 Å². The van der Waals surface area contributed by atoms with Crippen molar-refractivity contribution in [2.45, 2.75) is 51.2 Å². The first kappa shape index (κ1) is 32.0. The second-order valence-corrected chi connectivity index (χ2v) is 13.1. The molecule has 40 heavy (non-hydrogen) atoms. The van der Waals surface area contributed by atoms with E-state index in [2.05, 4.69) is 5.32 Å². The molecule has 3 rings (SSSR count). The molecule has 0 aliphatic rings. The lowest BCUT2D eigenvalue weighted by Crippen LogP contribution is -2.52. The van der Waals surface area contributed by atoms with Crippen molar-refractivity contribution >= 4 is 73.9 Å². The Bertz CT molecular complexity index is 1460. The number of hydrogen-bond acceptors (Lipinski definition) is 4. The molecule has 214 valence electrons. The maximum Gasteiger partial charge on any atom is 0.264 e. The van der Waals surface area contributed by atoms with E-state index in [1.165, 1.54) is 35.2 Å². The molecule has 0 aromatic heterocycles. The Morgan fingerprint density at radius 3 is 1.95 bits per heavy atom. The fourth-order valence-corrected chi connectivity index (χ4v) is 6.32. The van der Waals surface area contributed by atoms with Gasteiger partial charge in [-0.3, -0.25) is 13.9 Å². The number of sulfonamides is 1. The molecule has 0 heterocycles. The third-order valence-electron chi connectivity index (χ3n) is 6.01. The maximum absolute atomic E-state index is 14.0. The highest BCUT2D eigenvalue weighted by molar-refractivity contribution is 7.92. The Balaban J connectivity index is 2.10. The molecule has 3 aromatic rings. The minimum atomic E-state index is -4.27. The van der Waals surface area contributed by atoms with Gasteiger partial charge in [0, 0.05) is 38.2 Å². The van der Waals surface area contributed by atoms with Crippen LogP contribution >= 0.6 is 46.4 Å². The number of benzene rings is 3. The summed E-state index contributed by atoms with van der Waals surface area (Å²) in [6.45, 7) is 6.17. The average molecular weight is 645 g/mol. The van der Waals surface area contributed by atoms with Gasteiger partial charge in [0.1, 0.15) is 12.6 Å². The van der Waals surface area contributed by atoms with Crippen LogP contribution in [0.5, 0.6) is 0 Å². The lowest BCUT2D eigenvalue weighted by atomic mass is 10.1. The predicted octanol–water partition coefficient (Wildman–Crippen LogP) is 6.75. The van der Waals surface area contributed by atoms with Crippen LogP contribution in [-0.4, -0.2) is 43.8 Å². The van der Waals surface area contributed by atoms with E-state index >= 15 is 0 Å². The second-order valence-electron chi connectivity index (χ2n) is 9.51. The van der Waals surface area contributed by atoms with E-state index in [4.69, 9.17) is 46.4 Å². The number of anilines is 1. The molecule has 1 atom stereocenters. The fraction of sp³-hybridized carbons (Fsp3) is 0.286. The zero-order chi connectivity index (χ0) is 29.8. The van der Waals surface area contributed by atoms with Crippen molar-refractivity contribution in [2.75, 3.05) is 10.8 Å². The minimum Gasteiger partial charge on any atom is -0.352 e. The smallest absolute Gasteiger partial charge is 0.264 e. The van der Waals surface area contributed by atoms with Crippen LogP contribution in [0.3, 0.4) is 0 Å². The highest BCUT2D eigenvalue weighted by atomic mass is 35.5. The molecule has 0 spiro atoms. The van der Waals surface area contributed by atoms with Gasteiger partial charge in [0.25, 0.3) is 10.0 Å². The topological polar surface area (TPSA) is 86.8 Å². The molecule has 1 N–H and O–H groups in total. The number of amides is 2. The average Bonchev–Trinajstić information content (AvgIpc) is 2.85. The summed E-state index contributed by atoms with van der Waals surface area (Å²) in [6.07, 6.45) is 0. The second kappa shape index (κ2) is 13.4. The normalized spacial score (nSPS) is 12.2. The lowest BCUT2D eigenvalue weighted by Gasteiger charge is -2.32. The van der Waals surface area contributed by atoms with Gasteiger partial charge in [-0.25, -0.2) is 8.42 Å². The van der Waals surface area contributed by atoms with E-state index in [9.17, 15) is 18.0 Å². The van der Waals surface area contributed by atoms with Crippen molar-refractivity contribution < 1.29 is 18.0 Å². The van der Waals surface area contributed by atoms with E-state index in [0.29, 0.717) is 15.6 Å². The van der Waals surface area contributed by atoms with E-state index in [-0.39, 0.29) is 33.2 Å². The van der Waals surface area contributed by atoms with Crippen molar-refractivity contribution in [3.63, 3.8) is 0 Å². The van der Waals surface area contributed by atoms with Crippen LogP contribution in [0.2, 0.25) is 20.1 Å². The monoisotopic (exact) mass is 643 g/mol. The summed E-state index contributed by atoms with van der Waals surface area (Å²) < 4.78 is 28.7. The molecule has 0 bridgehead atoms. The summed E-state index contributed by atoms with van der Waals surface area (Å²) in [5, 5.41) is 3.75. The number of carbonyl (C=O) groups excluding carboxylic acids is 2. The summed E-state index contributed by atoms with van der Waals surface area (Å²) in [5.74, 6) is -1.10. The van der Waals surface area contributed by atoms with Crippen LogP contribution in [0.4, 0.5) is 5.69 Å². The first-order chi connectivity index (χ1) is 18.7. The van der Waals surface area contributed by atoms with Crippen LogP contribution < -0.4 is 9.62 Å².